The Bertz CT molecular complexity index is 782. The Hall–Kier alpha value is -2.54. The molecule has 1 aliphatic rings. The Balaban J connectivity index is 2.17. The van der Waals surface area contributed by atoms with Crippen molar-refractivity contribution in [1.82, 2.24) is 4.98 Å². The maximum Gasteiger partial charge on any atom is 0.358 e. The van der Waals surface area contributed by atoms with Gasteiger partial charge in [-0.2, -0.15) is 0 Å². The highest BCUT2D eigenvalue weighted by molar-refractivity contribution is 6.35. The summed E-state index contributed by atoms with van der Waals surface area (Å²) in [5.74, 6) is -1.12. The van der Waals surface area contributed by atoms with Crippen LogP contribution in [0, 0.1) is 5.82 Å². The van der Waals surface area contributed by atoms with E-state index in [2.05, 4.69) is 9.72 Å². The molecule has 0 saturated carbocycles. The molecule has 0 saturated heterocycles. The number of carbonyl (C=O) groups excluding carboxylic acids is 1. The fourth-order valence-corrected chi connectivity index (χ4v) is 2.23. The van der Waals surface area contributed by atoms with Crippen LogP contribution in [-0.4, -0.2) is 24.9 Å². The summed E-state index contributed by atoms with van der Waals surface area (Å²) < 4.78 is 29.2. The van der Waals surface area contributed by atoms with Gasteiger partial charge in [-0.1, -0.05) is 11.6 Å². The van der Waals surface area contributed by atoms with E-state index in [0.29, 0.717) is 5.75 Å². The molecule has 2 N–H and O–H groups in total. The van der Waals surface area contributed by atoms with Gasteiger partial charge in [-0.3, -0.25) is 0 Å². The van der Waals surface area contributed by atoms with Gasteiger partial charge in [0.1, 0.15) is 0 Å². The molecule has 114 valence electrons. The largest absolute Gasteiger partial charge is 0.464 e. The van der Waals surface area contributed by atoms with Crippen LogP contribution in [0.2, 0.25) is 5.02 Å². The van der Waals surface area contributed by atoms with E-state index in [-0.39, 0.29) is 40.2 Å². The Morgan fingerprint density at radius 3 is 2.95 bits per heavy atom. The average Bonchev–Trinajstić information content (AvgIpc) is 2.99. The molecule has 6 nitrogen and oxygen atoms in total. The zero-order valence-electron chi connectivity index (χ0n) is 11.4. The highest BCUT2D eigenvalue weighted by Gasteiger charge is 2.24. The standard InChI is InChI=1S/C14H10ClFN2O4/c1-20-14(19)12-10(15)7(17)4-8(18-12)6-2-3-9-13(11(6)16)22-5-21-9/h2-4H,5H2,1H3,(H2,17,18). The van der Waals surface area contributed by atoms with Crippen molar-refractivity contribution in [2.75, 3.05) is 19.6 Å². The smallest absolute Gasteiger partial charge is 0.358 e. The van der Waals surface area contributed by atoms with Gasteiger partial charge in [0.2, 0.25) is 12.5 Å². The number of hydrogen-bond acceptors (Lipinski definition) is 6. The number of nitrogens with zero attached hydrogens (tertiary/aromatic N) is 1. The van der Waals surface area contributed by atoms with Gasteiger partial charge < -0.3 is 19.9 Å². The van der Waals surface area contributed by atoms with Crippen LogP contribution in [0.25, 0.3) is 11.3 Å². The minimum absolute atomic E-state index is 0.00700. The lowest BCUT2D eigenvalue weighted by Gasteiger charge is -2.10. The topological polar surface area (TPSA) is 83.7 Å². The quantitative estimate of drug-likeness (QED) is 0.855. The fraction of sp³-hybridized carbons (Fsp3) is 0.143. The lowest BCUT2D eigenvalue weighted by Crippen LogP contribution is -2.08. The van der Waals surface area contributed by atoms with Gasteiger partial charge in [-0.15, -0.1) is 0 Å². The second kappa shape index (κ2) is 5.34. The van der Waals surface area contributed by atoms with Gasteiger partial charge in [0.15, 0.2) is 17.3 Å². The molecule has 0 atom stereocenters. The fourth-order valence-electron chi connectivity index (χ4n) is 2.06. The van der Waals surface area contributed by atoms with Crippen LogP contribution in [0.1, 0.15) is 10.5 Å². The number of esters is 1. The molecule has 0 bridgehead atoms. The summed E-state index contributed by atoms with van der Waals surface area (Å²) in [7, 11) is 1.18. The molecule has 1 aromatic carbocycles. The zero-order chi connectivity index (χ0) is 15.9. The Morgan fingerprint density at radius 2 is 2.23 bits per heavy atom. The summed E-state index contributed by atoms with van der Waals surface area (Å²) >= 11 is 5.93. The van der Waals surface area contributed by atoms with Crippen molar-refractivity contribution in [3.05, 3.63) is 34.7 Å². The lowest BCUT2D eigenvalue weighted by molar-refractivity contribution is 0.0594. The van der Waals surface area contributed by atoms with Crippen molar-refractivity contribution in [2.45, 2.75) is 0 Å². The molecule has 0 unspecified atom stereocenters. The number of ether oxygens (including phenoxy) is 3. The predicted molar refractivity (Wildman–Crippen MR) is 76.5 cm³/mol. The van der Waals surface area contributed by atoms with E-state index in [1.807, 2.05) is 0 Å². The number of fused-ring (bicyclic) bond motifs is 1. The molecule has 0 radical (unpaired) electrons. The molecule has 2 heterocycles. The van der Waals surface area contributed by atoms with Crippen molar-refractivity contribution in [3.63, 3.8) is 0 Å². The number of methoxy groups -OCH3 is 1. The maximum absolute atomic E-state index is 14.5. The number of nitrogens with two attached hydrogens (primary N) is 1. The lowest BCUT2D eigenvalue weighted by atomic mass is 10.1. The van der Waals surface area contributed by atoms with Crippen molar-refractivity contribution < 1.29 is 23.4 Å². The molecule has 1 aliphatic heterocycles. The van der Waals surface area contributed by atoms with E-state index in [1.54, 1.807) is 6.07 Å². The first-order valence-electron chi connectivity index (χ1n) is 6.15. The second-order valence-electron chi connectivity index (χ2n) is 4.41. The summed E-state index contributed by atoms with van der Waals surface area (Å²) in [6.07, 6.45) is 0. The Morgan fingerprint density at radius 1 is 1.45 bits per heavy atom. The number of halogens is 2. The van der Waals surface area contributed by atoms with Crippen molar-refractivity contribution in [1.29, 1.82) is 0 Å². The van der Waals surface area contributed by atoms with Crippen LogP contribution in [-0.2, 0) is 4.74 Å². The monoisotopic (exact) mass is 324 g/mol. The van der Waals surface area contributed by atoms with Gasteiger partial charge in [0.25, 0.3) is 0 Å². The summed E-state index contributed by atoms with van der Waals surface area (Å²) in [6.45, 7) is -0.0562. The summed E-state index contributed by atoms with van der Waals surface area (Å²) in [4.78, 5) is 15.7. The van der Waals surface area contributed by atoms with Gasteiger partial charge in [-0.05, 0) is 18.2 Å². The Kier molecular flexibility index (Phi) is 3.50. The zero-order valence-corrected chi connectivity index (χ0v) is 12.1. The second-order valence-corrected chi connectivity index (χ2v) is 4.79. The van der Waals surface area contributed by atoms with Crippen LogP contribution in [0.3, 0.4) is 0 Å². The predicted octanol–water partition coefficient (Wildman–Crippen LogP) is 2.64. The molecule has 0 fully saturated rings. The third kappa shape index (κ3) is 2.19. The first kappa shape index (κ1) is 14.4. The summed E-state index contributed by atoms with van der Waals surface area (Å²) in [5.41, 5.74) is 5.91. The van der Waals surface area contributed by atoms with Gasteiger partial charge in [-0.25, -0.2) is 14.2 Å². The molecule has 3 rings (SSSR count). The van der Waals surface area contributed by atoms with Gasteiger partial charge >= 0.3 is 5.97 Å². The number of carbonyl (C=O) groups is 1. The third-order valence-corrected chi connectivity index (χ3v) is 3.52. The number of pyridine rings is 1. The minimum atomic E-state index is -0.764. The van der Waals surface area contributed by atoms with E-state index >= 15 is 0 Å². The molecule has 0 spiro atoms. The maximum atomic E-state index is 14.5. The molecular formula is C14H10ClFN2O4. The number of aromatic nitrogens is 1. The van der Waals surface area contributed by atoms with E-state index < -0.39 is 11.8 Å². The van der Waals surface area contributed by atoms with E-state index in [0.717, 1.165) is 0 Å². The molecule has 1 aromatic heterocycles. The normalized spacial score (nSPS) is 12.3. The number of hydrogen-bond donors (Lipinski definition) is 1. The van der Waals surface area contributed by atoms with E-state index in [4.69, 9.17) is 26.8 Å². The summed E-state index contributed by atoms with van der Waals surface area (Å²) in [6, 6.07) is 4.38. The highest BCUT2D eigenvalue weighted by atomic mass is 35.5. The third-order valence-electron chi connectivity index (χ3n) is 3.12. The number of anilines is 1. The van der Waals surface area contributed by atoms with Crippen LogP contribution >= 0.6 is 11.6 Å². The SMILES string of the molecule is COC(=O)c1nc(-c2ccc3c(c2F)OCO3)cc(N)c1Cl. The minimum Gasteiger partial charge on any atom is -0.464 e. The molecule has 0 aliphatic carbocycles. The van der Waals surface area contributed by atoms with Crippen molar-refractivity contribution >= 4 is 23.3 Å². The molecule has 0 amide bonds. The van der Waals surface area contributed by atoms with E-state index in [9.17, 15) is 9.18 Å². The number of benzene rings is 1. The summed E-state index contributed by atoms with van der Waals surface area (Å²) in [5, 5.41) is -0.0447. The molecular weight excluding hydrogens is 315 g/mol. The highest BCUT2D eigenvalue weighted by Crippen LogP contribution is 2.40. The van der Waals surface area contributed by atoms with Gasteiger partial charge in [0, 0.05) is 5.56 Å². The van der Waals surface area contributed by atoms with Crippen molar-refractivity contribution in [2.24, 2.45) is 0 Å². The molecule has 22 heavy (non-hydrogen) atoms. The average molecular weight is 325 g/mol. The number of nitrogen functional groups attached to an aromatic ring is 1. The van der Waals surface area contributed by atoms with Crippen LogP contribution in [0.5, 0.6) is 11.5 Å². The molecule has 8 heteroatoms. The van der Waals surface area contributed by atoms with Crippen LogP contribution < -0.4 is 15.2 Å². The first-order chi connectivity index (χ1) is 10.5. The van der Waals surface area contributed by atoms with Crippen molar-refractivity contribution in [3.8, 4) is 22.8 Å². The number of rotatable bonds is 2. The first-order valence-corrected chi connectivity index (χ1v) is 6.53. The van der Waals surface area contributed by atoms with Crippen LogP contribution in [0.15, 0.2) is 18.2 Å². The van der Waals surface area contributed by atoms with Gasteiger partial charge in [0.05, 0.1) is 23.5 Å². The molecule has 2 aromatic rings. The van der Waals surface area contributed by atoms with Crippen LogP contribution in [0.4, 0.5) is 10.1 Å². The van der Waals surface area contributed by atoms with E-state index in [1.165, 1.54) is 19.2 Å². The Labute approximate surface area is 129 Å².